The zero-order chi connectivity index (χ0) is 14.0. The topological polar surface area (TPSA) is 67.2 Å². The molecule has 100 valence electrons. The molecule has 0 aliphatic carbocycles. The summed E-state index contributed by atoms with van der Waals surface area (Å²) in [7, 11) is 1.88. The van der Waals surface area contributed by atoms with Crippen LogP contribution >= 0.6 is 0 Å². The van der Waals surface area contributed by atoms with Gasteiger partial charge in [-0.15, -0.1) is 0 Å². The van der Waals surface area contributed by atoms with E-state index in [9.17, 15) is 4.79 Å². The summed E-state index contributed by atoms with van der Waals surface area (Å²) in [6, 6.07) is 5.04. The Morgan fingerprint density at radius 1 is 1.42 bits per heavy atom. The molecule has 0 bridgehead atoms. The Morgan fingerprint density at radius 2 is 2.16 bits per heavy atom. The maximum absolute atomic E-state index is 10.9. The van der Waals surface area contributed by atoms with Crippen LogP contribution < -0.4 is 5.32 Å². The van der Waals surface area contributed by atoms with Gasteiger partial charge in [-0.25, -0.2) is 4.79 Å². The summed E-state index contributed by atoms with van der Waals surface area (Å²) >= 11 is 0. The molecule has 0 radical (unpaired) electrons. The highest BCUT2D eigenvalue weighted by atomic mass is 16.4. The van der Waals surface area contributed by atoms with E-state index in [4.69, 9.17) is 5.11 Å². The van der Waals surface area contributed by atoms with Crippen LogP contribution in [0, 0.1) is 6.92 Å². The highest BCUT2D eigenvalue weighted by Crippen LogP contribution is 2.24. The summed E-state index contributed by atoms with van der Waals surface area (Å²) in [5, 5.41) is 16.6. The largest absolute Gasteiger partial charge is 0.478 e. The van der Waals surface area contributed by atoms with Crippen molar-refractivity contribution in [3.63, 3.8) is 0 Å². The van der Waals surface area contributed by atoms with Crippen LogP contribution in [0.1, 0.15) is 28.5 Å². The van der Waals surface area contributed by atoms with Gasteiger partial charge in [-0.3, -0.25) is 4.68 Å². The molecule has 5 heteroatoms. The lowest BCUT2D eigenvalue weighted by molar-refractivity contribution is 0.0697. The molecule has 5 nitrogen and oxygen atoms in total. The van der Waals surface area contributed by atoms with Crippen LogP contribution in [0.15, 0.2) is 24.4 Å². The Kier molecular flexibility index (Phi) is 3.55. The average Bonchev–Trinajstić information content (AvgIpc) is 2.71. The summed E-state index contributed by atoms with van der Waals surface area (Å²) in [6.45, 7) is 3.94. The zero-order valence-corrected chi connectivity index (χ0v) is 11.3. The normalized spacial score (nSPS) is 10.5. The van der Waals surface area contributed by atoms with Crippen LogP contribution in [0.5, 0.6) is 0 Å². The second-order valence-corrected chi connectivity index (χ2v) is 4.48. The van der Waals surface area contributed by atoms with Crippen LogP contribution in [0.25, 0.3) is 0 Å². The number of nitrogens with one attached hydrogen (secondary N) is 1. The van der Waals surface area contributed by atoms with Crippen molar-refractivity contribution >= 4 is 17.3 Å². The van der Waals surface area contributed by atoms with E-state index in [1.165, 1.54) is 0 Å². The Labute approximate surface area is 111 Å². The Morgan fingerprint density at radius 3 is 2.74 bits per heavy atom. The Bertz CT molecular complexity index is 617. The Hall–Kier alpha value is -2.30. The van der Waals surface area contributed by atoms with E-state index < -0.39 is 5.97 Å². The van der Waals surface area contributed by atoms with E-state index in [1.54, 1.807) is 22.9 Å². The van der Waals surface area contributed by atoms with Crippen molar-refractivity contribution in [2.24, 2.45) is 7.05 Å². The van der Waals surface area contributed by atoms with Crippen molar-refractivity contribution in [3.05, 3.63) is 41.2 Å². The number of carboxylic acid groups (broad SMARTS) is 1. The molecule has 1 aromatic carbocycles. The van der Waals surface area contributed by atoms with E-state index in [0.717, 1.165) is 29.1 Å². The fourth-order valence-corrected chi connectivity index (χ4v) is 1.98. The first-order valence-electron chi connectivity index (χ1n) is 6.14. The van der Waals surface area contributed by atoms with Crippen LogP contribution in [0.2, 0.25) is 0 Å². The summed E-state index contributed by atoms with van der Waals surface area (Å²) in [4.78, 5) is 10.9. The SMILES string of the molecule is CCc1nn(C)cc1Nc1ccc(C(=O)O)cc1C. The number of aryl methyl sites for hydroxylation is 3. The minimum Gasteiger partial charge on any atom is -0.478 e. The molecule has 0 spiro atoms. The van der Waals surface area contributed by atoms with Crippen molar-refractivity contribution in [1.82, 2.24) is 9.78 Å². The standard InChI is InChI=1S/C14H17N3O2/c1-4-11-13(8-17(3)16-11)15-12-6-5-10(14(18)19)7-9(12)2/h5-8,15H,4H2,1-3H3,(H,18,19). The maximum Gasteiger partial charge on any atom is 0.335 e. The van der Waals surface area contributed by atoms with Crippen molar-refractivity contribution in [3.8, 4) is 0 Å². The summed E-state index contributed by atoms with van der Waals surface area (Å²) in [5.74, 6) is -0.912. The first-order chi connectivity index (χ1) is 9.01. The second-order valence-electron chi connectivity index (χ2n) is 4.48. The molecule has 0 amide bonds. The average molecular weight is 259 g/mol. The predicted octanol–water partition coefficient (Wildman–Crippen LogP) is 2.73. The molecule has 0 saturated heterocycles. The molecule has 19 heavy (non-hydrogen) atoms. The summed E-state index contributed by atoms with van der Waals surface area (Å²) < 4.78 is 1.77. The Balaban J connectivity index is 2.30. The molecule has 0 aliphatic rings. The van der Waals surface area contributed by atoms with E-state index >= 15 is 0 Å². The minimum absolute atomic E-state index is 0.296. The number of aromatic carboxylic acids is 1. The van der Waals surface area contributed by atoms with Gasteiger partial charge in [0.05, 0.1) is 16.9 Å². The molecule has 1 aromatic heterocycles. The lowest BCUT2D eigenvalue weighted by Crippen LogP contribution is -2.00. The molecule has 2 aromatic rings. The first-order valence-corrected chi connectivity index (χ1v) is 6.14. The zero-order valence-electron chi connectivity index (χ0n) is 11.3. The van der Waals surface area contributed by atoms with Gasteiger partial charge < -0.3 is 10.4 Å². The van der Waals surface area contributed by atoms with E-state index in [0.29, 0.717) is 5.56 Å². The number of carboxylic acids is 1. The van der Waals surface area contributed by atoms with E-state index in [1.807, 2.05) is 27.1 Å². The predicted molar refractivity (Wildman–Crippen MR) is 74.0 cm³/mol. The van der Waals surface area contributed by atoms with E-state index in [2.05, 4.69) is 10.4 Å². The maximum atomic E-state index is 10.9. The van der Waals surface area contributed by atoms with Gasteiger partial charge in [-0.05, 0) is 37.1 Å². The molecule has 0 unspecified atom stereocenters. The number of anilines is 2. The number of hydrogen-bond donors (Lipinski definition) is 2. The van der Waals surface area contributed by atoms with Crippen molar-refractivity contribution in [2.45, 2.75) is 20.3 Å². The number of nitrogens with zero attached hydrogens (tertiary/aromatic N) is 2. The molecular formula is C14H17N3O2. The molecule has 0 aliphatic heterocycles. The lowest BCUT2D eigenvalue weighted by Gasteiger charge is -2.09. The number of benzene rings is 1. The number of hydrogen-bond acceptors (Lipinski definition) is 3. The quantitative estimate of drug-likeness (QED) is 0.886. The van der Waals surface area contributed by atoms with Crippen LogP contribution in [0.3, 0.4) is 0 Å². The number of rotatable bonds is 4. The smallest absolute Gasteiger partial charge is 0.335 e. The molecule has 2 N–H and O–H groups in total. The van der Waals surface area contributed by atoms with Gasteiger partial charge >= 0.3 is 5.97 Å². The summed E-state index contributed by atoms with van der Waals surface area (Å²) in [6.07, 6.45) is 2.76. The van der Waals surface area contributed by atoms with E-state index in [-0.39, 0.29) is 0 Å². The van der Waals surface area contributed by atoms with Gasteiger partial charge in [0.1, 0.15) is 0 Å². The van der Waals surface area contributed by atoms with Gasteiger partial charge in [-0.2, -0.15) is 5.10 Å². The third-order valence-electron chi connectivity index (χ3n) is 2.98. The van der Waals surface area contributed by atoms with Gasteiger partial charge in [-0.1, -0.05) is 6.92 Å². The van der Waals surface area contributed by atoms with Crippen molar-refractivity contribution in [1.29, 1.82) is 0 Å². The van der Waals surface area contributed by atoms with Gasteiger partial charge in [0.15, 0.2) is 0 Å². The molecule has 2 rings (SSSR count). The lowest BCUT2D eigenvalue weighted by atomic mass is 10.1. The van der Waals surface area contributed by atoms with Crippen molar-refractivity contribution in [2.75, 3.05) is 5.32 Å². The fraction of sp³-hybridized carbons (Fsp3) is 0.286. The molecular weight excluding hydrogens is 242 g/mol. The number of aromatic nitrogens is 2. The van der Waals surface area contributed by atoms with Gasteiger partial charge in [0.25, 0.3) is 0 Å². The van der Waals surface area contributed by atoms with Crippen LogP contribution in [-0.4, -0.2) is 20.9 Å². The highest BCUT2D eigenvalue weighted by molar-refractivity contribution is 5.88. The molecule has 0 atom stereocenters. The van der Waals surface area contributed by atoms with Crippen LogP contribution in [0.4, 0.5) is 11.4 Å². The third kappa shape index (κ3) is 2.76. The van der Waals surface area contributed by atoms with Crippen LogP contribution in [-0.2, 0) is 13.5 Å². The third-order valence-corrected chi connectivity index (χ3v) is 2.98. The second kappa shape index (κ2) is 5.14. The number of carbonyl (C=O) groups is 1. The summed E-state index contributed by atoms with van der Waals surface area (Å²) in [5.41, 5.74) is 4.03. The monoisotopic (exact) mass is 259 g/mol. The molecule has 1 heterocycles. The fourth-order valence-electron chi connectivity index (χ4n) is 1.98. The van der Waals surface area contributed by atoms with Gasteiger partial charge in [0, 0.05) is 18.9 Å². The minimum atomic E-state index is -0.912. The highest BCUT2D eigenvalue weighted by Gasteiger charge is 2.09. The van der Waals surface area contributed by atoms with Crippen molar-refractivity contribution < 1.29 is 9.90 Å². The molecule has 0 saturated carbocycles. The first kappa shape index (κ1) is 13.1. The molecule has 0 fully saturated rings. The van der Waals surface area contributed by atoms with Gasteiger partial charge in [0.2, 0.25) is 0 Å².